The van der Waals surface area contributed by atoms with Crippen molar-refractivity contribution < 1.29 is 0 Å². The van der Waals surface area contributed by atoms with Gasteiger partial charge >= 0.3 is 0 Å². The van der Waals surface area contributed by atoms with Crippen LogP contribution in [0.25, 0.3) is 0 Å². The first-order valence-corrected chi connectivity index (χ1v) is 8.12. The molecule has 2 N–H and O–H groups in total. The first-order chi connectivity index (χ1) is 12.6. The van der Waals surface area contributed by atoms with E-state index >= 15 is 0 Å². The van der Waals surface area contributed by atoms with Gasteiger partial charge < -0.3 is 0 Å². The van der Waals surface area contributed by atoms with Gasteiger partial charge in [-0.3, -0.25) is 20.4 Å². The Morgan fingerprint density at radius 2 is 1.23 bits per heavy atom. The van der Waals surface area contributed by atoms with Crippen LogP contribution in [-0.4, -0.2) is 0 Å². The summed E-state index contributed by atoms with van der Waals surface area (Å²) in [7, 11) is 0. The number of para-hydroxylation sites is 2. The van der Waals surface area contributed by atoms with E-state index in [1.165, 1.54) is 12.1 Å². The number of aryl methyl sites for hydroxylation is 2. The van der Waals surface area contributed by atoms with Gasteiger partial charge in [-0.2, -0.15) is 10.2 Å². The number of rotatable bonds is 4. The highest BCUT2D eigenvalue weighted by Crippen LogP contribution is 2.12. The van der Waals surface area contributed by atoms with Gasteiger partial charge in [0.05, 0.1) is 11.4 Å². The molecule has 0 atom stereocenters. The van der Waals surface area contributed by atoms with Crippen molar-refractivity contribution in [3.63, 3.8) is 0 Å². The van der Waals surface area contributed by atoms with Crippen LogP contribution in [0.5, 0.6) is 0 Å². The quantitative estimate of drug-likeness (QED) is 0.705. The maximum atomic E-state index is 12.5. The maximum Gasteiger partial charge on any atom is 0.237 e. The van der Waals surface area contributed by atoms with Crippen molar-refractivity contribution in [2.24, 2.45) is 10.2 Å². The molecule has 0 aliphatic heterocycles. The standard InChI is InChI=1S/C20H18N4O2/c1-13-7-3-5-9-15(13)21-23-17-11-12-18(25)19(20(17)26)24-22-16-10-6-4-8-14(16)2/h3-12,21-22H,1-2H3/b23-17-,24-19+. The van der Waals surface area contributed by atoms with Gasteiger partial charge in [-0.05, 0) is 49.2 Å². The Labute approximate surface area is 149 Å². The normalized spacial score (nSPS) is 12.2. The SMILES string of the molecule is Cc1ccccc1N/N=c1/ccc(=O)/c(=N\Nc2ccccc2C)c1=O. The third kappa shape index (κ3) is 3.75. The van der Waals surface area contributed by atoms with Gasteiger partial charge in [0, 0.05) is 0 Å². The minimum absolute atomic E-state index is 0.123. The Morgan fingerprint density at radius 3 is 1.81 bits per heavy atom. The summed E-state index contributed by atoms with van der Waals surface area (Å²) in [6, 6.07) is 17.7. The molecule has 3 aromatic rings. The molecule has 0 aromatic heterocycles. The fraction of sp³-hybridized carbons (Fsp3) is 0.100. The molecule has 6 heteroatoms. The van der Waals surface area contributed by atoms with Crippen LogP contribution < -0.4 is 32.4 Å². The topological polar surface area (TPSA) is 82.9 Å². The van der Waals surface area contributed by atoms with Crippen LogP contribution in [0.1, 0.15) is 11.1 Å². The number of hydrogen-bond acceptors (Lipinski definition) is 6. The molecule has 0 spiro atoms. The van der Waals surface area contributed by atoms with E-state index in [9.17, 15) is 9.59 Å². The van der Waals surface area contributed by atoms with Gasteiger partial charge in [0.1, 0.15) is 5.36 Å². The molecule has 0 aliphatic rings. The number of hydrogen-bond donors (Lipinski definition) is 2. The Bertz CT molecular complexity index is 1160. The molecule has 0 aliphatic carbocycles. The molecular formula is C20H18N4O2. The third-order valence-corrected chi connectivity index (χ3v) is 3.95. The zero-order valence-corrected chi connectivity index (χ0v) is 14.5. The first kappa shape index (κ1) is 17.3. The molecule has 0 heterocycles. The van der Waals surface area contributed by atoms with Crippen LogP contribution in [0.3, 0.4) is 0 Å². The fourth-order valence-electron chi connectivity index (χ4n) is 2.37. The molecule has 0 unspecified atom stereocenters. The molecule has 0 bridgehead atoms. The molecule has 3 aromatic carbocycles. The van der Waals surface area contributed by atoms with Crippen molar-refractivity contribution in [1.82, 2.24) is 0 Å². The number of nitrogens with zero attached hydrogens (tertiary/aromatic N) is 2. The lowest BCUT2D eigenvalue weighted by atomic mass is 10.2. The van der Waals surface area contributed by atoms with Crippen LogP contribution in [-0.2, 0) is 0 Å². The summed E-state index contributed by atoms with van der Waals surface area (Å²) < 4.78 is 0. The van der Waals surface area contributed by atoms with Gasteiger partial charge in [-0.25, -0.2) is 0 Å². The van der Waals surface area contributed by atoms with Crippen LogP contribution in [0.4, 0.5) is 11.4 Å². The summed E-state index contributed by atoms with van der Waals surface area (Å²) in [4.78, 5) is 24.6. The minimum atomic E-state index is -0.528. The Morgan fingerprint density at radius 1 is 0.692 bits per heavy atom. The molecule has 0 radical (unpaired) electrons. The van der Waals surface area contributed by atoms with Gasteiger partial charge in [-0.1, -0.05) is 36.4 Å². The lowest BCUT2D eigenvalue weighted by Crippen LogP contribution is -2.48. The monoisotopic (exact) mass is 346 g/mol. The summed E-state index contributed by atoms with van der Waals surface area (Å²) in [6.45, 7) is 3.84. The second-order valence-corrected chi connectivity index (χ2v) is 5.84. The molecule has 6 nitrogen and oxygen atoms in total. The van der Waals surface area contributed by atoms with Gasteiger partial charge in [0.15, 0.2) is 5.36 Å². The van der Waals surface area contributed by atoms with E-state index < -0.39 is 10.9 Å². The van der Waals surface area contributed by atoms with Crippen LogP contribution >= 0.6 is 0 Å². The number of benzene rings is 3. The van der Waals surface area contributed by atoms with Gasteiger partial charge in [-0.15, -0.1) is 0 Å². The first-order valence-electron chi connectivity index (χ1n) is 8.12. The van der Waals surface area contributed by atoms with Crippen LogP contribution in [0, 0.1) is 13.8 Å². The van der Waals surface area contributed by atoms with Crippen molar-refractivity contribution in [1.29, 1.82) is 0 Å². The van der Waals surface area contributed by atoms with E-state index in [1.807, 2.05) is 62.4 Å². The summed E-state index contributed by atoms with van der Waals surface area (Å²) in [6.07, 6.45) is 0. The van der Waals surface area contributed by atoms with Crippen LogP contribution in [0.15, 0.2) is 80.5 Å². The molecule has 0 amide bonds. The second-order valence-electron chi connectivity index (χ2n) is 5.84. The molecule has 0 saturated heterocycles. The van der Waals surface area contributed by atoms with Gasteiger partial charge in [0.25, 0.3) is 0 Å². The van der Waals surface area contributed by atoms with Crippen molar-refractivity contribution in [2.45, 2.75) is 13.8 Å². The third-order valence-electron chi connectivity index (χ3n) is 3.95. The van der Waals surface area contributed by atoms with E-state index in [0.717, 1.165) is 22.5 Å². The van der Waals surface area contributed by atoms with E-state index in [0.29, 0.717) is 0 Å². The molecule has 26 heavy (non-hydrogen) atoms. The zero-order valence-electron chi connectivity index (χ0n) is 14.5. The Hall–Kier alpha value is -3.54. The molecule has 0 fully saturated rings. The molecule has 0 saturated carbocycles. The zero-order chi connectivity index (χ0) is 18.5. The predicted molar refractivity (Wildman–Crippen MR) is 102 cm³/mol. The van der Waals surface area contributed by atoms with Gasteiger partial charge in [0.2, 0.25) is 10.9 Å². The van der Waals surface area contributed by atoms with Crippen LogP contribution in [0.2, 0.25) is 0 Å². The smallest absolute Gasteiger partial charge is 0.237 e. The highest BCUT2D eigenvalue weighted by molar-refractivity contribution is 5.50. The van der Waals surface area contributed by atoms with E-state index in [1.54, 1.807) is 0 Å². The van der Waals surface area contributed by atoms with E-state index in [2.05, 4.69) is 21.1 Å². The predicted octanol–water partition coefficient (Wildman–Crippen LogP) is 1.76. The maximum absolute atomic E-state index is 12.5. The average molecular weight is 346 g/mol. The molecular weight excluding hydrogens is 328 g/mol. The lowest BCUT2D eigenvalue weighted by Gasteiger charge is -2.03. The average Bonchev–Trinajstić information content (AvgIpc) is 2.63. The molecule has 3 rings (SSSR count). The minimum Gasteiger partial charge on any atom is -0.287 e. The van der Waals surface area contributed by atoms with Crippen molar-refractivity contribution in [3.8, 4) is 0 Å². The van der Waals surface area contributed by atoms with Crippen molar-refractivity contribution in [3.05, 3.63) is 103 Å². The fourth-order valence-corrected chi connectivity index (χ4v) is 2.37. The Kier molecular flexibility index (Phi) is 5.03. The highest BCUT2D eigenvalue weighted by Gasteiger charge is 2.02. The molecule has 130 valence electrons. The lowest BCUT2D eigenvalue weighted by molar-refractivity contribution is 1.10. The summed E-state index contributed by atoms with van der Waals surface area (Å²) >= 11 is 0. The summed E-state index contributed by atoms with van der Waals surface area (Å²) in [5, 5.41) is 8.06. The highest BCUT2D eigenvalue weighted by atomic mass is 16.1. The number of anilines is 2. The van der Waals surface area contributed by atoms with E-state index in [4.69, 9.17) is 0 Å². The largest absolute Gasteiger partial charge is 0.287 e. The van der Waals surface area contributed by atoms with Crippen molar-refractivity contribution in [2.75, 3.05) is 10.9 Å². The summed E-state index contributed by atoms with van der Waals surface area (Å²) in [5.74, 6) is 0. The van der Waals surface area contributed by atoms with E-state index in [-0.39, 0.29) is 10.7 Å². The number of nitrogens with one attached hydrogen (secondary N) is 2. The Balaban J connectivity index is 1.99. The second kappa shape index (κ2) is 7.57. The summed E-state index contributed by atoms with van der Waals surface area (Å²) in [5.41, 5.74) is 8.13. The van der Waals surface area contributed by atoms with Crippen molar-refractivity contribution >= 4 is 11.4 Å².